The summed E-state index contributed by atoms with van der Waals surface area (Å²) in [5, 5.41) is 10.7. The number of pyridine rings is 1. The average Bonchev–Trinajstić information content (AvgIpc) is 2.28. The summed E-state index contributed by atoms with van der Waals surface area (Å²) in [6.45, 7) is 7.76. The molecule has 0 saturated carbocycles. The summed E-state index contributed by atoms with van der Waals surface area (Å²) in [5.74, 6) is 0.830. The molecule has 0 radical (unpaired) electrons. The van der Waals surface area contributed by atoms with Gasteiger partial charge in [0.15, 0.2) is 0 Å². The third kappa shape index (κ3) is 3.41. The first kappa shape index (κ1) is 13.4. The van der Waals surface area contributed by atoms with Crippen LogP contribution < -0.4 is 4.90 Å². The van der Waals surface area contributed by atoms with E-state index in [9.17, 15) is 10.1 Å². The topological polar surface area (TPSA) is 59.3 Å². The number of aryl methyl sites for hydroxylation is 1. The van der Waals surface area contributed by atoms with Crippen LogP contribution in [0.3, 0.4) is 0 Å². The van der Waals surface area contributed by atoms with Crippen molar-refractivity contribution in [3.63, 3.8) is 0 Å². The molecular formula is C12H19N3O2. The summed E-state index contributed by atoms with van der Waals surface area (Å²) in [6, 6.07) is 3.27. The van der Waals surface area contributed by atoms with E-state index in [1.807, 2.05) is 0 Å². The standard InChI is InChI=1S/C12H19N3O2/c1-4-8-14(9-5-2)12-7-6-11(15(16)17)10(3)13-12/h6-7H,4-5,8-9H2,1-3H3. The molecule has 0 fully saturated rings. The predicted molar refractivity (Wildman–Crippen MR) is 68.4 cm³/mol. The van der Waals surface area contributed by atoms with Crippen LogP contribution >= 0.6 is 0 Å². The Morgan fingerprint density at radius 2 is 1.88 bits per heavy atom. The summed E-state index contributed by atoms with van der Waals surface area (Å²) >= 11 is 0. The second-order valence-corrected chi connectivity index (χ2v) is 4.02. The van der Waals surface area contributed by atoms with Gasteiger partial charge in [-0.1, -0.05) is 13.8 Å². The van der Waals surface area contributed by atoms with Gasteiger partial charge in [-0.2, -0.15) is 0 Å². The normalized spacial score (nSPS) is 10.3. The van der Waals surface area contributed by atoms with E-state index in [0.717, 1.165) is 31.7 Å². The van der Waals surface area contributed by atoms with Crippen LogP contribution in [0.1, 0.15) is 32.4 Å². The lowest BCUT2D eigenvalue weighted by atomic mass is 10.3. The summed E-state index contributed by atoms with van der Waals surface area (Å²) in [6.07, 6.45) is 2.08. The maximum absolute atomic E-state index is 10.7. The zero-order valence-corrected chi connectivity index (χ0v) is 10.6. The number of hydrogen-bond donors (Lipinski definition) is 0. The van der Waals surface area contributed by atoms with Crippen molar-refractivity contribution in [3.8, 4) is 0 Å². The number of aromatic nitrogens is 1. The monoisotopic (exact) mass is 237 g/mol. The van der Waals surface area contributed by atoms with Crippen LogP contribution in [-0.2, 0) is 0 Å². The Morgan fingerprint density at radius 3 is 2.29 bits per heavy atom. The van der Waals surface area contributed by atoms with Gasteiger partial charge >= 0.3 is 0 Å². The van der Waals surface area contributed by atoms with E-state index in [4.69, 9.17) is 0 Å². The Bertz CT molecular complexity index is 387. The fraction of sp³-hybridized carbons (Fsp3) is 0.583. The first-order chi connectivity index (χ1) is 8.10. The molecule has 5 nitrogen and oxygen atoms in total. The lowest BCUT2D eigenvalue weighted by molar-refractivity contribution is -0.385. The van der Waals surface area contributed by atoms with Crippen molar-refractivity contribution in [2.75, 3.05) is 18.0 Å². The highest BCUT2D eigenvalue weighted by molar-refractivity contribution is 5.46. The molecule has 0 aliphatic rings. The van der Waals surface area contributed by atoms with E-state index in [1.165, 1.54) is 6.07 Å². The van der Waals surface area contributed by atoms with Crippen LogP contribution in [-0.4, -0.2) is 23.0 Å². The lowest BCUT2D eigenvalue weighted by Gasteiger charge is -2.22. The summed E-state index contributed by atoms with van der Waals surface area (Å²) in [4.78, 5) is 16.8. The van der Waals surface area contributed by atoms with Crippen LogP contribution in [0.4, 0.5) is 11.5 Å². The van der Waals surface area contributed by atoms with Gasteiger partial charge in [0.05, 0.1) is 4.92 Å². The molecule has 0 atom stereocenters. The Kier molecular flexibility index (Phi) is 4.87. The van der Waals surface area contributed by atoms with Gasteiger partial charge in [-0.25, -0.2) is 4.98 Å². The van der Waals surface area contributed by atoms with Crippen molar-refractivity contribution in [1.82, 2.24) is 4.98 Å². The molecule has 1 rings (SSSR count). The molecule has 0 saturated heterocycles. The van der Waals surface area contributed by atoms with E-state index in [2.05, 4.69) is 23.7 Å². The van der Waals surface area contributed by atoms with Gasteiger partial charge in [-0.3, -0.25) is 10.1 Å². The van der Waals surface area contributed by atoms with Gasteiger partial charge in [-0.15, -0.1) is 0 Å². The number of hydrogen-bond acceptors (Lipinski definition) is 4. The second kappa shape index (κ2) is 6.18. The zero-order chi connectivity index (χ0) is 12.8. The fourth-order valence-electron chi connectivity index (χ4n) is 1.79. The zero-order valence-electron chi connectivity index (χ0n) is 10.6. The largest absolute Gasteiger partial charge is 0.357 e. The smallest absolute Gasteiger partial charge is 0.290 e. The van der Waals surface area contributed by atoms with Crippen LogP contribution in [0.25, 0.3) is 0 Å². The number of anilines is 1. The van der Waals surface area contributed by atoms with Gasteiger partial charge < -0.3 is 4.90 Å². The SMILES string of the molecule is CCCN(CCC)c1ccc([N+](=O)[O-])c(C)n1. The fourth-order valence-corrected chi connectivity index (χ4v) is 1.79. The molecule has 17 heavy (non-hydrogen) atoms. The first-order valence-corrected chi connectivity index (χ1v) is 5.97. The molecule has 94 valence electrons. The molecule has 1 aromatic heterocycles. The number of nitrogens with zero attached hydrogens (tertiary/aromatic N) is 3. The molecule has 1 aromatic rings. The molecular weight excluding hydrogens is 218 g/mol. The third-order valence-corrected chi connectivity index (χ3v) is 2.55. The number of rotatable bonds is 6. The highest BCUT2D eigenvalue weighted by Crippen LogP contribution is 2.20. The molecule has 0 amide bonds. The van der Waals surface area contributed by atoms with E-state index in [-0.39, 0.29) is 5.69 Å². The van der Waals surface area contributed by atoms with Crippen LogP contribution in [0, 0.1) is 17.0 Å². The molecule has 1 heterocycles. The van der Waals surface area contributed by atoms with E-state index >= 15 is 0 Å². The molecule has 0 aliphatic heterocycles. The van der Waals surface area contributed by atoms with Gasteiger partial charge in [-0.05, 0) is 25.8 Å². The van der Waals surface area contributed by atoms with Crippen molar-refractivity contribution in [2.45, 2.75) is 33.6 Å². The van der Waals surface area contributed by atoms with E-state index < -0.39 is 4.92 Å². The first-order valence-electron chi connectivity index (χ1n) is 5.97. The summed E-state index contributed by atoms with van der Waals surface area (Å²) < 4.78 is 0. The van der Waals surface area contributed by atoms with Crippen molar-refractivity contribution < 1.29 is 4.92 Å². The van der Waals surface area contributed by atoms with Crippen LogP contribution in [0.5, 0.6) is 0 Å². The molecule has 0 spiro atoms. The predicted octanol–water partition coefficient (Wildman–Crippen LogP) is 2.92. The molecule has 0 bridgehead atoms. The maximum Gasteiger partial charge on any atom is 0.290 e. The van der Waals surface area contributed by atoms with E-state index in [1.54, 1.807) is 13.0 Å². The van der Waals surface area contributed by atoms with Crippen LogP contribution in [0.2, 0.25) is 0 Å². The Hall–Kier alpha value is -1.65. The highest BCUT2D eigenvalue weighted by Gasteiger charge is 2.14. The quantitative estimate of drug-likeness (QED) is 0.563. The minimum absolute atomic E-state index is 0.0849. The summed E-state index contributed by atoms with van der Waals surface area (Å²) in [7, 11) is 0. The average molecular weight is 237 g/mol. The molecule has 0 aromatic carbocycles. The number of nitro groups is 1. The molecule has 0 aliphatic carbocycles. The van der Waals surface area contributed by atoms with E-state index in [0.29, 0.717) is 5.69 Å². The Labute approximate surface area is 102 Å². The molecule has 0 N–H and O–H groups in total. The maximum atomic E-state index is 10.7. The van der Waals surface area contributed by atoms with Crippen LogP contribution in [0.15, 0.2) is 12.1 Å². The Balaban J connectivity index is 2.97. The molecule has 5 heteroatoms. The second-order valence-electron chi connectivity index (χ2n) is 4.02. The minimum atomic E-state index is -0.393. The lowest BCUT2D eigenvalue weighted by Crippen LogP contribution is -2.26. The third-order valence-electron chi connectivity index (χ3n) is 2.55. The highest BCUT2D eigenvalue weighted by atomic mass is 16.6. The minimum Gasteiger partial charge on any atom is -0.357 e. The van der Waals surface area contributed by atoms with Crippen molar-refractivity contribution in [3.05, 3.63) is 27.9 Å². The van der Waals surface area contributed by atoms with Gasteiger partial charge in [0.2, 0.25) is 0 Å². The van der Waals surface area contributed by atoms with Crippen molar-refractivity contribution in [2.24, 2.45) is 0 Å². The van der Waals surface area contributed by atoms with Gasteiger partial charge in [0.1, 0.15) is 11.5 Å². The molecule has 0 unspecified atom stereocenters. The van der Waals surface area contributed by atoms with Gasteiger partial charge in [0.25, 0.3) is 5.69 Å². The Morgan fingerprint density at radius 1 is 1.29 bits per heavy atom. The van der Waals surface area contributed by atoms with Gasteiger partial charge in [0, 0.05) is 19.2 Å². The van der Waals surface area contributed by atoms with Crippen molar-refractivity contribution >= 4 is 11.5 Å². The van der Waals surface area contributed by atoms with Crippen molar-refractivity contribution in [1.29, 1.82) is 0 Å². The summed E-state index contributed by atoms with van der Waals surface area (Å²) in [5.41, 5.74) is 0.561.